The summed E-state index contributed by atoms with van der Waals surface area (Å²) < 4.78 is 11.6. The van der Waals surface area contributed by atoms with E-state index in [4.69, 9.17) is 9.47 Å². The van der Waals surface area contributed by atoms with Gasteiger partial charge in [0.15, 0.2) is 0 Å². The Hall–Kier alpha value is -2.16. The van der Waals surface area contributed by atoms with Gasteiger partial charge >= 0.3 is 0 Å². The Kier molecular flexibility index (Phi) is 9.61. The minimum absolute atomic E-state index is 0.531. The second kappa shape index (κ2) is 12.3. The number of hydrogen-bond donors (Lipinski definition) is 1. The summed E-state index contributed by atoms with van der Waals surface area (Å²) in [6.07, 6.45) is 6.31. The minimum atomic E-state index is 0.531. The Morgan fingerprint density at radius 3 is 2.37 bits per heavy atom. The van der Waals surface area contributed by atoms with Crippen LogP contribution in [-0.2, 0) is 6.54 Å². The van der Waals surface area contributed by atoms with Gasteiger partial charge in [0.05, 0.1) is 13.2 Å². The highest BCUT2D eigenvalue weighted by atomic mass is 16.5. The van der Waals surface area contributed by atoms with Gasteiger partial charge in [0.25, 0.3) is 0 Å². The van der Waals surface area contributed by atoms with Crippen LogP contribution in [0, 0.1) is 5.92 Å². The molecule has 0 atom stereocenters. The van der Waals surface area contributed by atoms with Crippen LogP contribution in [-0.4, -0.2) is 13.2 Å². The molecule has 0 aliphatic rings. The standard InChI is InChI=1S/C24H35NO2/c1-4-5-6-7-8-16-26-23-14-12-22(13-15-23)25-18-21-10-9-11-24(17-21)27-19-20(2)3/h9-15,17,20,25H,4-8,16,18-19H2,1-3H3. The number of anilines is 1. The maximum atomic E-state index is 5.82. The van der Waals surface area contributed by atoms with E-state index < -0.39 is 0 Å². The quantitative estimate of drug-likeness (QED) is 0.399. The molecule has 1 N–H and O–H groups in total. The van der Waals surface area contributed by atoms with E-state index >= 15 is 0 Å². The largest absolute Gasteiger partial charge is 0.494 e. The Balaban J connectivity index is 1.72. The average Bonchev–Trinajstić information content (AvgIpc) is 2.69. The Morgan fingerprint density at radius 1 is 0.852 bits per heavy atom. The van der Waals surface area contributed by atoms with Crippen LogP contribution in [0.25, 0.3) is 0 Å². The lowest BCUT2D eigenvalue weighted by Gasteiger charge is -2.11. The van der Waals surface area contributed by atoms with Crippen molar-refractivity contribution < 1.29 is 9.47 Å². The van der Waals surface area contributed by atoms with Gasteiger partial charge in [-0.05, 0) is 54.3 Å². The first-order valence-corrected chi connectivity index (χ1v) is 10.4. The van der Waals surface area contributed by atoms with Crippen LogP contribution in [0.4, 0.5) is 5.69 Å². The Labute approximate surface area is 165 Å². The smallest absolute Gasteiger partial charge is 0.119 e. The zero-order chi connectivity index (χ0) is 19.3. The second-order valence-corrected chi connectivity index (χ2v) is 7.49. The van der Waals surface area contributed by atoms with Gasteiger partial charge in [-0.3, -0.25) is 0 Å². The highest BCUT2D eigenvalue weighted by Gasteiger charge is 2.01. The molecule has 0 aliphatic heterocycles. The summed E-state index contributed by atoms with van der Waals surface area (Å²) in [5, 5.41) is 3.46. The molecular formula is C24H35NO2. The van der Waals surface area contributed by atoms with Crippen LogP contribution in [0.15, 0.2) is 48.5 Å². The van der Waals surface area contributed by atoms with E-state index in [2.05, 4.69) is 50.4 Å². The number of nitrogens with one attached hydrogen (secondary N) is 1. The van der Waals surface area contributed by atoms with Crippen molar-refractivity contribution >= 4 is 5.69 Å². The van der Waals surface area contributed by atoms with Crippen LogP contribution in [0.1, 0.15) is 58.4 Å². The fourth-order valence-electron chi connectivity index (χ4n) is 2.78. The molecule has 0 fully saturated rings. The summed E-state index contributed by atoms with van der Waals surface area (Å²) in [6, 6.07) is 16.5. The molecule has 3 heteroatoms. The Bertz CT molecular complexity index is 637. The van der Waals surface area contributed by atoms with Crippen LogP contribution in [0.5, 0.6) is 11.5 Å². The fourth-order valence-corrected chi connectivity index (χ4v) is 2.78. The molecule has 0 aromatic heterocycles. The fraction of sp³-hybridized carbons (Fsp3) is 0.500. The van der Waals surface area contributed by atoms with Crippen molar-refractivity contribution in [2.24, 2.45) is 5.92 Å². The van der Waals surface area contributed by atoms with Crippen LogP contribution in [0.3, 0.4) is 0 Å². The lowest BCUT2D eigenvalue weighted by Crippen LogP contribution is -2.05. The zero-order valence-corrected chi connectivity index (χ0v) is 17.2. The van der Waals surface area contributed by atoms with Crippen molar-refractivity contribution in [3.63, 3.8) is 0 Å². The van der Waals surface area contributed by atoms with Crippen LogP contribution < -0.4 is 14.8 Å². The molecular weight excluding hydrogens is 334 g/mol. The van der Waals surface area contributed by atoms with Crippen LogP contribution in [0.2, 0.25) is 0 Å². The summed E-state index contributed by atoms with van der Waals surface area (Å²) in [5.74, 6) is 2.41. The summed E-state index contributed by atoms with van der Waals surface area (Å²) in [4.78, 5) is 0. The first kappa shape index (κ1) is 21.1. The third kappa shape index (κ3) is 8.85. The third-order valence-corrected chi connectivity index (χ3v) is 4.35. The summed E-state index contributed by atoms with van der Waals surface area (Å²) in [7, 11) is 0. The van der Waals surface area contributed by atoms with Gasteiger partial charge in [0.2, 0.25) is 0 Å². The van der Waals surface area contributed by atoms with Crippen molar-refractivity contribution in [1.29, 1.82) is 0 Å². The lowest BCUT2D eigenvalue weighted by molar-refractivity contribution is 0.271. The van der Waals surface area contributed by atoms with Crippen molar-refractivity contribution in [3.8, 4) is 11.5 Å². The Morgan fingerprint density at radius 2 is 1.63 bits per heavy atom. The van der Waals surface area contributed by atoms with E-state index in [0.29, 0.717) is 5.92 Å². The second-order valence-electron chi connectivity index (χ2n) is 7.49. The summed E-state index contributed by atoms with van der Waals surface area (Å²) in [6.45, 7) is 8.88. The van der Waals surface area contributed by atoms with Gasteiger partial charge in [-0.25, -0.2) is 0 Å². The van der Waals surface area contributed by atoms with E-state index in [1.807, 2.05) is 24.3 Å². The molecule has 2 aromatic rings. The monoisotopic (exact) mass is 369 g/mol. The molecule has 2 rings (SSSR count). The number of unbranched alkanes of at least 4 members (excludes halogenated alkanes) is 4. The molecule has 0 amide bonds. The molecule has 0 unspecified atom stereocenters. The zero-order valence-electron chi connectivity index (χ0n) is 17.2. The molecule has 0 saturated carbocycles. The van der Waals surface area contributed by atoms with Gasteiger partial charge in [-0.1, -0.05) is 58.6 Å². The average molecular weight is 370 g/mol. The minimum Gasteiger partial charge on any atom is -0.494 e. The van der Waals surface area contributed by atoms with Crippen molar-refractivity contribution in [2.75, 3.05) is 18.5 Å². The number of hydrogen-bond acceptors (Lipinski definition) is 3. The maximum Gasteiger partial charge on any atom is 0.119 e. The van der Waals surface area contributed by atoms with Gasteiger partial charge < -0.3 is 14.8 Å². The molecule has 0 spiro atoms. The van der Waals surface area contributed by atoms with E-state index in [1.54, 1.807) is 0 Å². The molecule has 2 aromatic carbocycles. The number of rotatable bonds is 13. The highest BCUT2D eigenvalue weighted by Crippen LogP contribution is 2.19. The van der Waals surface area contributed by atoms with Crippen LogP contribution >= 0.6 is 0 Å². The van der Waals surface area contributed by atoms with E-state index in [9.17, 15) is 0 Å². The molecule has 0 radical (unpaired) electrons. The summed E-state index contributed by atoms with van der Waals surface area (Å²) in [5.41, 5.74) is 2.31. The first-order valence-electron chi connectivity index (χ1n) is 10.4. The van der Waals surface area contributed by atoms with Crippen molar-refractivity contribution in [2.45, 2.75) is 59.4 Å². The summed E-state index contributed by atoms with van der Waals surface area (Å²) >= 11 is 0. The number of ether oxygens (including phenoxy) is 2. The molecule has 3 nitrogen and oxygen atoms in total. The third-order valence-electron chi connectivity index (χ3n) is 4.35. The maximum absolute atomic E-state index is 5.82. The molecule has 148 valence electrons. The SMILES string of the molecule is CCCCCCCOc1ccc(NCc2cccc(OCC(C)C)c2)cc1. The van der Waals surface area contributed by atoms with Crippen molar-refractivity contribution in [3.05, 3.63) is 54.1 Å². The van der Waals surface area contributed by atoms with E-state index in [0.717, 1.165) is 43.4 Å². The van der Waals surface area contributed by atoms with Gasteiger partial charge in [0, 0.05) is 12.2 Å². The van der Waals surface area contributed by atoms with Gasteiger partial charge in [-0.2, -0.15) is 0 Å². The lowest BCUT2D eigenvalue weighted by atomic mass is 10.2. The van der Waals surface area contributed by atoms with E-state index in [1.165, 1.54) is 31.2 Å². The number of benzene rings is 2. The predicted octanol–water partition coefficient (Wildman–Crippen LogP) is 6.68. The normalized spacial score (nSPS) is 10.8. The first-order chi connectivity index (χ1) is 13.2. The molecule has 27 heavy (non-hydrogen) atoms. The highest BCUT2D eigenvalue weighted by molar-refractivity contribution is 5.47. The molecule has 0 heterocycles. The van der Waals surface area contributed by atoms with E-state index in [-0.39, 0.29) is 0 Å². The van der Waals surface area contributed by atoms with Gasteiger partial charge in [-0.15, -0.1) is 0 Å². The van der Waals surface area contributed by atoms with Gasteiger partial charge in [0.1, 0.15) is 11.5 Å². The topological polar surface area (TPSA) is 30.5 Å². The molecule has 0 aliphatic carbocycles. The predicted molar refractivity (Wildman–Crippen MR) is 115 cm³/mol. The van der Waals surface area contributed by atoms with Crippen molar-refractivity contribution in [1.82, 2.24) is 0 Å². The molecule has 0 saturated heterocycles. The molecule has 0 bridgehead atoms.